The lowest BCUT2D eigenvalue weighted by atomic mass is 10.2. The Bertz CT molecular complexity index is 874. The van der Waals surface area contributed by atoms with Crippen LogP contribution < -0.4 is 15.4 Å². The molecule has 0 spiro atoms. The third kappa shape index (κ3) is 5.15. The van der Waals surface area contributed by atoms with Crippen LogP contribution in [0.15, 0.2) is 48.5 Å². The number of halogens is 4. The Kier molecular flexibility index (Phi) is 6.68. The van der Waals surface area contributed by atoms with E-state index in [-0.39, 0.29) is 18.0 Å². The Balaban J connectivity index is 2.40. The Morgan fingerprint density at radius 2 is 1.72 bits per heavy atom. The average Bonchev–Trinajstić information content (AvgIpc) is 2.64. The van der Waals surface area contributed by atoms with Gasteiger partial charge in [-0.1, -0.05) is 24.3 Å². The number of rotatable bonds is 6. The third-order valence-electron chi connectivity index (χ3n) is 3.71. The number of alkyl halides is 3. The summed E-state index contributed by atoms with van der Waals surface area (Å²) in [5, 5.41) is 3.59. The minimum atomic E-state index is -5.39. The fourth-order valence-corrected chi connectivity index (χ4v) is 2.30. The Labute approximate surface area is 163 Å². The minimum Gasteiger partial charge on any atom is -0.461 e. The minimum absolute atomic E-state index is 0.0813. The molecular weight excluding hydrogens is 396 g/mol. The number of para-hydroxylation sites is 1. The van der Waals surface area contributed by atoms with Crippen LogP contribution in [0.25, 0.3) is 0 Å². The zero-order valence-corrected chi connectivity index (χ0v) is 15.5. The number of esters is 1. The van der Waals surface area contributed by atoms with E-state index >= 15 is 0 Å². The van der Waals surface area contributed by atoms with Crippen LogP contribution in [0, 0.1) is 12.7 Å². The summed E-state index contributed by atoms with van der Waals surface area (Å²) in [5.41, 5.74) is -3.52. The normalized spacial score (nSPS) is 13.2. The van der Waals surface area contributed by atoms with E-state index in [2.05, 4.69) is 10.1 Å². The topological polar surface area (TPSA) is 76.7 Å². The quantitative estimate of drug-likeness (QED) is 0.423. The molecule has 2 aromatic rings. The van der Waals surface area contributed by atoms with E-state index in [4.69, 9.17) is 4.74 Å². The lowest BCUT2D eigenvalue weighted by Gasteiger charge is -2.34. The number of benzene rings is 2. The fourth-order valence-electron chi connectivity index (χ4n) is 2.30. The van der Waals surface area contributed by atoms with Crippen LogP contribution in [-0.2, 0) is 9.53 Å². The molecule has 0 aromatic heterocycles. The monoisotopic (exact) mass is 414 g/mol. The molecule has 0 aliphatic rings. The van der Waals surface area contributed by atoms with Gasteiger partial charge in [-0.25, -0.2) is 14.0 Å². The second-order valence-electron chi connectivity index (χ2n) is 5.85. The van der Waals surface area contributed by atoms with Crippen molar-refractivity contribution in [1.82, 2.24) is 5.32 Å². The van der Waals surface area contributed by atoms with Gasteiger partial charge in [-0.05, 0) is 43.7 Å². The molecule has 2 N–H and O–H groups in total. The predicted molar refractivity (Wildman–Crippen MR) is 95.8 cm³/mol. The SMILES string of the molecule is CCOC(=O)C(NC(=O)Nc1cc(F)ccc1C)(Oc1ccccc1)C(F)(F)F. The second kappa shape index (κ2) is 8.80. The van der Waals surface area contributed by atoms with Gasteiger partial charge in [-0.3, -0.25) is 5.32 Å². The number of carbonyl (C=O) groups excluding carboxylic acids is 2. The van der Waals surface area contributed by atoms with Crippen LogP contribution >= 0.6 is 0 Å². The predicted octanol–water partition coefficient (Wildman–Crippen LogP) is 4.16. The molecule has 2 amide bonds. The lowest BCUT2D eigenvalue weighted by Crippen LogP contribution is -2.69. The number of hydrogen-bond donors (Lipinski definition) is 2. The van der Waals surface area contributed by atoms with Gasteiger partial charge in [0, 0.05) is 5.69 Å². The third-order valence-corrected chi connectivity index (χ3v) is 3.71. The molecule has 29 heavy (non-hydrogen) atoms. The summed E-state index contributed by atoms with van der Waals surface area (Å²) in [4.78, 5) is 24.6. The maximum Gasteiger partial charge on any atom is 0.460 e. The van der Waals surface area contributed by atoms with Gasteiger partial charge in [0.15, 0.2) is 0 Å². The fraction of sp³-hybridized carbons (Fsp3) is 0.263. The molecule has 1 atom stereocenters. The summed E-state index contributed by atoms with van der Waals surface area (Å²) in [7, 11) is 0. The number of aryl methyl sites for hydroxylation is 1. The van der Waals surface area contributed by atoms with Crippen molar-refractivity contribution in [3.05, 3.63) is 59.9 Å². The van der Waals surface area contributed by atoms with Crippen molar-refractivity contribution in [2.45, 2.75) is 25.7 Å². The van der Waals surface area contributed by atoms with Crippen LogP contribution in [-0.4, -0.2) is 30.5 Å². The van der Waals surface area contributed by atoms with Gasteiger partial charge in [0.1, 0.15) is 11.6 Å². The number of amides is 2. The highest BCUT2D eigenvalue weighted by Gasteiger charge is 2.66. The number of ether oxygens (including phenoxy) is 2. The van der Waals surface area contributed by atoms with Crippen LogP contribution in [0.2, 0.25) is 0 Å². The van der Waals surface area contributed by atoms with Gasteiger partial charge in [-0.15, -0.1) is 0 Å². The summed E-state index contributed by atoms with van der Waals surface area (Å²) < 4.78 is 64.6. The molecule has 0 aliphatic carbocycles. The van der Waals surface area contributed by atoms with Crippen LogP contribution in [0.4, 0.5) is 28.0 Å². The maximum atomic E-state index is 13.9. The zero-order chi connectivity index (χ0) is 21.7. The number of urea groups is 1. The highest BCUT2D eigenvalue weighted by atomic mass is 19.4. The second-order valence-corrected chi connectivity index (χ2v) is 5.85. The molecule has 156 valence electrons. The molecule has 2 rings (SSSR count). The van der Waals surface area contributed by atoms with E-state index < -0.39 is 29.7 Å². The summed E-state index contributed by atoms with van der Waals surface area (Å²) in [6.07, 6.45) is -5.39. The Hall–Kier alpha value is -3.30. The summed E-state index contributed by atoms with van der Waals surface area (Å²) in [6, 6.07) is 8.58. The van der Waals surface area contributed by atoms with Crippen molar-refractivity contribution in [3.8, 4) is 5.75 Å². The molecular formula is C19H18F4N2O4. The van der Waals surface area contributed by atoms with Gasteiger partial charge in [0.25, 0.3) is 0 Å². The van der Waals surface area contributed by atoms with Gasteiger partial charge in [0.2, 0.25) is 0 Å². The molecule has 10 heteroatoms. The van der Waals surface area contributed by atoms with E-state index in [1.807, 2.05) is 0 Å². The summed E-state index contributed by atoms with van der Waals surface area (Å²) >= 11 is 0. The van der Waals surface area contributed by atoms with Crippen molar-refractivity contribution in [2.75, 3.05) is 11.9 Å². The number of carbonyl (C=O) groups is 2. The van der Waals surface area contributed by atoms with Gasteiger partial charge in [0.05, 0.1) is 6.61 Å². The molecule has 6 nitrogen and oxygen atoms in total. The van der Waals surface area contributed by atoms with Crippen LogP contribution in [0.5, 0.6) is 5.75 Å². The van der Waals surface area contributed by atoms with Gasteiger partial charge < -0.3 is 14.8 Å². The van der Waals surface area contributed by atoms with Crippen molar-refractivity contribution in [1.29, 1.82) is 0 Å². The smallest absolute Gasteiger partial charge is 0.460 e. The van der Waals surface area contributed by atoms with E-state index in [0.29, 0.717) is 5.56 Å². The number of anilines is 1. The standard InChI is InChI=1S/C19H18F4N2O4/c1-3-28-16(26)18(19(21,22)23,29-14-7-5-4-6-8-14)25-17(27)24-15-11-13(20)10-9-12(15)2/h4-11H,3H2,1-2H3,(H2,24,25,27). The zero-order valence-electron chi connectivity index (χ0n) is 15.5. The first kappa shape index (κ1) is 22.0. The van der Waals surface area contributed by atoms with E-state index in [1.54, 1.807) is 0 Å². The van der Waals surface area contributed by atoms with Crippen molar-refractivity contribution >= 4 is 17.7 Å². The van der Waals surface area contributed by atoms with Crippen molar-refractivity contribution in [3.63, 3.8) is 0 Å². The molecule has 2 aromatic carbocycles. The summed E-state index contributed by atoms with van der Waals surface area (Å²) in [5.74, 6) is -2.90. The average molecular weight is 414 g/mol. The first-order chi connectivity index (χ1) is 13.6. The van der Waals surface area contributed by atoms with Crippen molar-refractivity contribution < 1.29 is 36.6 Å². The highest BCUT2D eigenvalue weighted by Crippen LogP contribution is 2.34. The van der Waals surface area contributed by atoms with Gasteiger partial charge in [-0.2, -0.15) is 13.2 Å². The van der Waals surface area contributed by atoms with E-state index in [9.17, 15) is 27.2 Å². The molecule has 0 aliphatic heterocycles. The lowest BCUT2D eigenvalue weighted by molar-refractivity contribution is -0.259. The first-order valence-electron chi connectivity index (χ1n) is 8.42. The Morgan fingerprint density at radius 3 is 2.31 bits per heavy atom. The molecule has 1 unspecified atom stereocenters. The number of nitrogens with one attached hydrogen (secondary N) is 2. The van der Waals surface area contributed by atoms with Crippen LogP contribution in [0.1, 0.15) is 12.5 Å². The molecule has 0 heterocycles. The molecule has 0 radical (unpaired) electrons. The van der Waals surface area contributed by atoms with Crippen LogP contribution in [0.3, 0.4) is 0 Å². The maximum absolute atomic E-state index is 13.9. The van der Waals surface area contributed by atoms with E-state index in [1.165, 1.54) is 55.6 Å². The molecule has 0 saturated heterocycles. The first-order valence-corrected chi connectivity index (χ1v) is 8.42. The van der Waals surface area contributed by atoms with Crippen molar-refractivity contribution in [2.24, 2.45) is 0 Å². The molecule has 0 bridgehead atoms. The Morgan fingerprint density at radius 1 is 1.07 bits per heavy atom. The molecule has 0 fully saturated rings. The summed E-state index contributed by atoms with van der Waals surface area (Å²) in [6.45, 7) is 2.43. The highest BCUT2D eigenvalue weighted by molar-refractivity contribution is 5.94. The molecule has 0 saturated carbocycles. The van der Waals surface area contributed by atoms with Gasteiger partial charge >= 0.3 is 23.9 Å². The van der Waals surface area contributed by atoms with E-state index in [0.717, 1.165) is 12.1 Å². The largest absolute Gasteiger partial charge is 0.461 e. The number of hydrogen-bond acceptors (Lipinski definition) is 4.